The number of nitrogens with zero attached hydrogens (tertiary/aromatic N) is 7. The Labute approximate surface area is 210 Å². The average Bonchev–Trinajstić information content (AvgIpc) is 3.60. The van der Waals surface area contributed by atoms with Gasteiger partial charge in [-0.1, -0.05) is 12.1 Å². The Morgan fingerprint density at radius 3 is 2.67 bits per heavy atom. The van der Waals surface area contributed by atoms with Crippen LogP contribution in [0.1, 0.15) is 11.1 Å². The molecule has 0 unspecified atom stereocenters. The summed E-state index contributed by atoms with van der Waals surface area (Å²) in [5.74, 6) is 0.883. The molecule has 2 amide bonds. The highest BCUT2D eigenvalue weighted by atomic mass is 16.2. The second-order valence-corrected chi connectivity index (χ2v) is 9.59. The first-order chi connectivity index (χ1) is 17.5. The van der Waals surface area contributed by atoms with Crippen molar-refractivity contribution < 1.29 is 4.79 Å². The van der Waals surface area contributed by atoms with Gasteiger partial charge in [-0.3, -0.25) is 9.47 Å². The van der Waals surface area contributed by atoms with Crippen LogP contribution in [-0.4, -0.2) is 70.2 Å². The summed E-state index contributed by atoms with van der Waals surface area (Å²) in [5, 5.41) is 9.13. The van der Waals surface area contributed by atoms with Crippen molar-refractivity contribution in [1.29, 1.82) is 5.26 Å². The number of aromatic nitrogens is 3. The SMILES string of the molecule is CN(C)CCN1CCN(c2ccc3c(c2)Cn2cc(-c4ccc(C#N)cc4)cc2-c2nccn2-3)C1=O. The monoisotopic (exact) mass is 477 g/mol. The van der Waals surface area contributed by atoms with E-state index in [0.717, 1.165) is 59.2 Å². The van der Waals surface area contributed by atoms with Crippen LogP contribution in [0.25, 0.3) is 28.3 Å². The summed E-state index contributed by atoms with van der Waals surface area (Å²) in [6.07, 6.45) is 5.95. The van der Waals surface area contributed by atoms with Crippen molar-refractivity contribution in [3.05, 3.63) is 78.2 Å². The number of hydrogen-bond donors (Lipinski definition) is 0. The zero-order valence-corrected chi connectivity index (χ0v) is 20.4. The van der Waals surface area contributed by atoms with E-state index in [1.165, 1.54) is 0 Å². The van der Waals surface area contributed by atoms with E-state index in [2.05, 4.69) is 49.5 Å². The highest BCUT2D eigenvalue weighted by molar-refractivity contribution is 5.94. The Morgan fingerprint density at radius 2 is 1.89 bits per heavy atom. The normalized spacial score (nSPS) is 14.4. The van der Waals surface area contributed by atoms with Crippen LogP contribution in [0.15, 0.2) is 67.1 Å². The molecule has 0 saturated carbocycles. The molecule has 0 radical (unpaired) electrons. The number of rotatable bonds is 5. The predicted octanol–water partition coefficient (Wildman–Crippen LogP) is 4.04. The maximum Gasteiger partial charge on any atom is 0.324 e. The van der Waals surface area contributed by atoms with Gasteiger partial charge in [0.05, 0.1) is 23.0 Å². The fourth-order valence-corrected chi connectivity index (χ4v) is 5.05. The molecular weight excluding hydrogens is 450 g/mol. The van der Waals surface area contributed by atoms with E-state index in [4.69, 9.17) is 5.26 Å². The molecule has 2 aliphatic rings. The van der Waals surface area contributed by atoms with Gasteiger partial charge in [0.1, 0.15) is 0 Å². The molecule has 0 aliphatic carbocycles. The van der Waals surface area contributed by atoms with Gasteiger partial charge in [-0.05, 0) is 61.6 Å². The second-order valence-electron chi connectivity index (χ2n) is 9.59. The van der Waals surface area contributed by atoms with Gasteiger partial charge in [0, 0.05) is 62.6 Å². The van der Waals surface area contributed by atoms with E-state index >= 15 is 0 Å². The van der Waals surface area contributed by atoms with Crippen LogP contribution in [0.5, 0.6) is 0 Å². The maximum atomic E-state index is 13.1. The summed E-state index contributed by atoms with van der Waals surface area (Å²) in [4.78, 5) is 23.7. The molecule has 0 atom stereocenters. The highest BCUT2D eigenvalue weighted by Crippen LogP contribution is 2.35. The Balaban J connectivity index is 1.35. The van der Waals surface area contributed by atoms with Gasteiger partial charge in [0.15, 0.2) is 5.82 Å². The van der Waals surface area contributed by atoms with E-state index in [1.807, 2.05) is 66.6 Å². The van der Waals surface area contributed by atoms with Gasteiger partial charge in [-0.2, -0.15) is 5.26 Å². The lowest BCUT2D eigenvalue weighted by molar-refractivity contribution is 0.215. The van der Waals surface area contributed by atoms with Crippen molar-refractivity contribution in [2.45, 2.75) is 6.54 Å². The molecule has 1 saturated heterocycles. The summed E-state index contributed by atoms with van der Waals surface area (Å²) >= 11 is 0. The molecule has 2 aromatic carbocycles. The Kier molecular flexibility index (Phi) is 5.35. The van der Waals surface area contributed by atoms with E-state index in [0.29, 0.717) is 18.7 Å². The topological polar surface area (TPSA) is 73.3 Å². The van der Waals surface area contributed by atoms with Gasteiger partial charge in [0.2, 0.25) is 0 Å². The molecule has 0 N–H and O–H groups in total. The van der Waals surface area contributed by atoms with Gasteiger partial charge in [-0.15, -0.1) is 0 Å². The molecule has 2 aromatic heterocycles. The van der Waals surface area contributed by atoms with Crippen LogP contribution < -0.4 is 4.90 Å². The molecule has 4 heterocycles. The molecule has 2 aliphatic heterocycles. The number of likely N-dealkylation sites (N-methyl/N-ethyl adjacent to an activating group) is 1. The molecule has 180 valence electrons. The number of amides is 2. The summed E-state index contributed by atoms with van der Waals surface area (Å²) in [5.41, 5.74) is 6.95. The number of urea groups is 1. The number of carbonyl (C=O) groups excluding carboxylic acids is 1. The first kappa shape index (κ1) is 22.1. The van der Waals surface area contributed by atoms with Crippen molar-refractivity contribution in [3.63, 3.8) is 0 Å². The minimum absolute atomic E-state index is 0.0681. The molecule has 36 heavy (non-hydrogen) atoms. The summed E-state index contributed by atoms with van der Waals surface area (Å²) in [7, 11) is 4.05. The number of carbonyl (C=O) groups is 1. The number of nitriles is 1. The van der Waals surface area contributed by atoms with Crippen LogP contribution in [0.2, 0.25) is 0 Å². The number of benzene rings is 2. The van der Waals surface area contributed by atoms with Crippen molar-refractivity contribution in [2.24, 2.45) is 0 Å². The standard InChI is InChI=1S/C28H27N7O/c1-31(2)11-12-32-13-14-34(28(32)36)24-7-8-25-23(15-24)19-33-18-22(21-5-3-20(17-29)4-6-21)16-26(33)27-30-9-10-35(25)27/h3-10,15-16,18H,11-14,19H2,1-2H3. The number of imidazole rings is 1. The third kappa shape index (κ3) is 3.74. The fourth-order valence-electron chi connectivity index (χ4n) is 5.05. The van der Waals surface area contributed by atoms with E-state index in [9.17, 15) is 4.79 Å². The molecule has 1 fully saturated rings. The van der Waals surface area contributed by atoms with Crippen LogP contribution in [0.3, 0.4) is 0 Å². The molecule has 6 rings (SSSR count). The molecule has 0 spiro atoms. The summed E-state index contributed by atoms with van der Waals surface area (Å²) < 4.78 is 4.34. The lowest BCUT2D eigenvalue weighted by atomic mass is 10.1. The smallest absolute Gasteiger partial charge is 0.324 e. The quantitative estimate of drug-likeness (QED) is 0.383. The average molecular weight is 478 g/mol. The Morgan fingerprint density at radius 1 is 1.06 bits per heavy atom. The van der Waals surface area contributed by atoms with Gasteiger partial charge in [0.25, 0.3) is 0 Å². The second kappa shape index (κ2) is 8.70. The molecule has 8 nitrogen and oxygen atoms in total. The third-order valence-electron chi connectivity index (χ3n) is 7.00. The zero-order chi connectivity index (χ0) is 24.8. The largest absolute Gasteiger partial charge is 0.340 e. The summed E-state index contributed by atoms with van der Waals surface area (Å²) in [6, 6.07) is 18.3. The van der Waals surface area contributed by atoms with Crippen molar-refractivity contribution in [3.8, 4) is 34.4 Å². The number of anilines is 1. The Hall–Kier alpha value is -4.35. The minimum Gasteiger partial charge on any atom is -0.340 e. The van der Waals surface area contributed by atoms with Gasteiger partial charge < -0.3 is 14.4 Å². The first-order valence-corrected chi connectivity index (χ1v) is 12.1. The van der Waals surface area contributed by atoms with Gasteiger partial charge >= 0.3 is 6.03 Å². The van der Waals surface area contributed by atoms with Crippen LogP contribution in [-0.2, 0) is 6.54 Å². The van der Waals surface area contributed by atoms with Crippen molar-refractivity contribution in [2.75, 3.05) is 45.2 Å². The molecule has 8 heteroatoms. The van der Waals surface area contributed by atoms with Crippen molar-refractivity contribution >= 4 is 11.7 Å². The molecular formula is C28H27N7O. The third-order valence-corrected chi connectivity index (χ3v) is 7.00. The van der Waals surface area contributed by atoms with Crippen LogP contribution in [0, 0.1) is 11.3 Å². The molecule has 0 bridgehead atoms. The Bertz CT molecular complexity index is 1490. The van der Waals surface area contributed by atoms with E-state index in [1.54, 1.807) is 0 Å². The zero-order valence-electron chi connectivity index (χ0n) is 20.4. The van der Waals surface area contributed by atoms with Gasteiger partial charge in [-0.25, -0.2) is 9.78 Å². The van der Waals surface area contributed by atoms with E-state index < -0.39 is 0 Å². The fraction of sp³-hybridized carbons (Fsp3) is 0.250. The summed E-state index contributed by atoms with van der Waals surface area (Å²) in [6.45, 7) is 3.69. The van der Waals surface area contributed by atoms with Crippen molar-refractivity contribution in [1.82, 2.24) is 23.9 Å². The number of fused-ring (bicyclic) bond motifs is 5. The number of hydrogen-bond acceptors (Lipinski definition) is 4. The van der Waals surface area contributed by atoms with Crippen LogP contribution >= 0.6 is 0 Å². The maximum absolute atomic E-state index is 13.1. The van der Waals surface area contributed by atoms with E-state index in [-0.39, 0.29) is 6.03 Å². The lowest BCUT2D eigenvalue weighted by Gasteiger charge is -2.21. The predicted molar refractivity (Wildman–Crippen MR) is 139 cm³/mol. The molecule has 4 aromatic rings. The van der Waals surface area contributed by atoms with Crippen LogP contribution in [0.4, 0.5) is 10.5 Å². The minimum atomic E-state index is 0.0681. The first-order valence-electron chi connectivity index (χ1n) is 12.1. The highest BCUT2D eigenvalue weighted by Gasteiger charge is 2.30. The lowest BCUT2D eigenvalue weighted by Crippen LogP contribution is -2.36.